The van der Waals surface area contributed by atoms with Gasteiger partial charge in [-0.1, -0.05) is 6.92 Å². The average Bonchev–Trinajstić information content (AvgIpc) is 2.79. The normalized spacial score (nSPS) is 20.2. The minimum Gasteiger partial charge on any atom is -0.465 e. The van der Waals surface area contributed by atoms with Gasteiger partial charge in [-0.3, -0.25) is 4.79 Å². The highest BCUT2D eigenvalue weighted by Gasteiger charge is 2.17. The lowest BCUT2D eigenvalue weighted by Gasteiger charge is -2.21. The number of hydrogen-bond donors (Lipinski definition) is 1. The van der Waals surface area contributed by atoms with E-state index >= 15 is 0 Å². The number of ether oxygens (including phenoxy) is 1. The second kappa shape index (κ2) is 7.67. The molecule has 1 fully saturated rings. The van der Waals surface area contributed by atoms with Gasteiger partial charge in [0.1, 0.15) is 6.04 Å². The highest BCUT2D eigenvalue weighted by molar-refractivity contribution is 5.75. The molecule has 17 heavy (non-hydrogen) atoms. The molecule has 4 heteroatoms. The zero-order valence-electron chi connectivity index (χ0n) is 11.4. The van der Waals surface area contributed by atoms with Crippen molar-refractivity contribution in [1.82, 2.24) is 10.2 Å². The molecule has 0 aliphatic carbocycles. The lowest BCUT2D eigenvalue weighted by molar-refractivity contribution is -0.145. The maximum Gasteiger partial charge on any atom is 0.322 e. The van der Waals surface area contributed by atoms with Gasteiger partial charge in [0.25, 0.3) is 0 Å². The summed E-state index contributed by atoms with van der Waals surface area (Å²) in [6.45, 7) is 10.8. The lowest BCUT2D eigenvalue weighted by Crippen LogP contribution is -2.40. The number of likely N-dealkylation sites (tertiary alicyclic amines) is 1. The van der Waals surface area contributed by atoms with Crippen LogP contribution in [0, 0.1) is 5.92 Å². The van der Waals surface area contributed by atoms with E-state index in [9.17, 15) is 4.79 Å². The summed E-state index contributed by atoms with van der Waals surface area (Å²) in [5, 5.41) is 3.24. The number of hydrogen-bond acceptors (Lipinski definition) is 4. The van der Waals surface area contributed by atoms with Crippen molar-refractivity contribution in [1.29, 1.82) is 0 Å². The van der Waals surface area contributed by atoms with Gasteiger partial charge in [0, 0.05) is 6.54 Å². The summed E-state index contributed by atoms with van der Waals surface area (Å²) < 4.78 is 4.96. The Balaban J connectivity index is 2.13. The molecular weight excluding hydrogens is 216 g/mol. The first-order valence-corrected chi connectivity index (χ1v) is 6.75. The molecule has 1 heterocycles. The summed E-state index contributed by atoms with van der Waals surface area (Å²) in [6.07, 6.45) is 2.67. The fraction of sp³-hybridized carbons (Fsp3) is 0.923. The smallest absolute Gasteiger partial charge is 0.322 e. The molecule has 0 saturated carbocycles. The molecule has 0 bridgehead atoms. The Labute approximate surface area is 105 Å². The second-order valence-corrected chi connectivity index (χ2v) is 4.99. The molecule has 2 atom stereocenters. The Morgan fingerprint density at radius 2 is 2.00 bits per heavy atom. The molecule has 0 aromatic carbocycles. The third-order valence-electron chi connectivity index (χ3n) is 3.18. The summed E-state index contributed by atoms with van der Waals surface area (Å²) in [5.41, 5.74) is 0. The van der Waals surface area contributed by atoms with Gasteiger partial charge >= 0.3 is 5.97 Å². The molecule has 2 unspecified atom stereocenters. The van der Waals surface area contributed by atoms with Gasteiger partial charge in [-0.05, 0) is 52.2 Å². The topological polar surface area (TPSA) is 41.6 Å². The van der Waals surface area contributed by atoms with Crippen LogP contribution in [-0.2, 0) is 9.53 Å². The zero-order chi connectivity index (χ0) is 12.7. The van der Waals surface area contributed by atoms with Crippen LogP contribution in [0.5, 0.6) is 0 Å². The van der Waals surface area contributed by atoms with E-state index in [1.807, 2.05) is 13.8 Å². The fourth-order valence-electron chi connectivity index (χ4n) is 2.20. The van der Waals surface area contributed by atoms with E-state index in [2.05, 4.69) is 17.1 Å². The lowest BCUT2D eigenvalue weighted by atomic mass is 10.1. The number of esters is 1. The molecule has 0 spiro atoms. The van der Waals surface area contributed by atoms with Crippen LogP contribution in [0.25, 0.3) is 0 Å². The van der Waals surface area contributed by atoms with Crippen molar-refractivity contribution >= 4 is 5.97 Å². The van der Waals surface area contributed by atoms with Crippen molar-refractivity contribution in [3.63, 3.8) is 0 Å². The highest BCUT2D eigenvalue weighted by Crippen LogP contribution is 2.09. The van der Waals surface area contributed by atoms with Crippen LogP contribution in [0.4, 0.5) is 0 Å². The van der Waals surface area contributed by atoms with E-state index in [0.717, 1.165) is 13.1 Å². The van der Waals surface area contributed by atoms with Crippen molar-refractivity contribution in [3.05, 3.63) is 0 Å². The summed E-state index contributed by atoms with van der Waals surface area (Å²) in [7, 11) is 0. The SMILES string of the molecule is CCOC(=O)C(C)NCC(C)CN1CCCC1. The molecular formula is C13H26N2O2. The van der Waals surface area contributed by atoms with Crippen LogP contribution in [-0.4, -0.2) is 49.7 Å². The maximum absolute atomic E-state index is 11.4. The zero-order valence-corrected chi connectivity index (χ0v) is 11.4. The molecule has 1 rings (SSSR count). The van der Waals surface area contributed by atoms with Crippen molar-refractivity contribution in [2.75, 3.05) is 32.8 Å². The minimum atomic E-state index is -0.198. The van der Waals surface area contributed by atoms with Crippen LogP contribution in [0.2, 0.25) is 0 Å². The third-order valence-corrected chi connectivity index (χ3v) is 3.18. The van der Waals surface area contributed by atoms with Crippen LogP contribution in [0.3, 0.4) is 0 Å². The van der Waals surface area contributed by atoms with E-state index in [0.29, 0.717) is 12.5 Å². The van der Waals surface area contributed by atoms with E-state index in [4.69, 9.17) is 4.74 Å². The summed E-state index contributed by atoms with van der Waals surface area (Å²) in [5.74, 6) is 0.422. The van der Waals surface area contributed by atoms with Crippen molar-refractivity contribution in [2.45, 2.75) is 39.7 Å². The molecule has 1 aliphatic heterocycles. The molecule has 0 radical (unpaired) electrons. The van der Waals surface area contributed by atoms with Crippen LogP contribution in [0.15, 0.2) is 0 Å². The monoisotopic (exact) mass is 242 g/mol. The van der Waals surface area contributed by atoms with E-state index < -0.39 is 0 Å². The molecule has 4 nitrogen and oxygen atoms in total. The van der Waals surface area contributed by atoms with Gasteiger partial charge < -0.3 is 15.0 Å². The number of rotatable bonds is 7. The largest absolute Gasteiger partial charge is 0.465 e. The fourth-order valence-corrected chi connectivity index (χ4v) is 2.20. The first-order chi connectivity index (χ1) is 8.13. The van der Waals surface area contributed by atoms with Gasteiger partial charge in [-0.15, -0.1) is 0 Å². The Morgan fingerprint density at radius 3 is 2.59 bits per heavy atom. The van der Waals surface area contributed by atoms with Crippen molar-refractivity contribution in [3.8, 4) is 0 Å². The molecule has 100 valence electrons. The quantitative estimate of drug-likeness (QED) is 0.682. The molecule has 0 aromatic rings. The van der Waals surface area contributed by atoms with Gasteiger partial charge in [0.15, 0.2) is 0 Å². The van der Waals surface area contributed by atoms with Gasteiger partial charge in [-0.2, -0.15) is 0 Å². The summed E-state index contributed by atoms with van der Waals surface area (Å²) in [6, 6.07) is -0.198. The van der Waals surface area contributed by atoms with E-state index in [1.54, 1.807) is 0 Å². The first kappa shape index (κ1) is 14.5. The van der Waals surface area contributed by atoms with Crippen LogP contribution >= 0.6 is 0 Å². The molecule has 0 amide bonds. The van der Waals surface area contributed by atoms with Crippen LogP contribution < -0.4 is 5.32 Å². The molecule has 1 aliphatic rings. The summed E-state index contributed by atoms with van der Waals surface area (Å²) in [4.78, 5) is 13.9. The number of carbonyl (C=O) groups is 1. The number of nitrogens with one attached hydrogen (secondary N) is 1. The predicted molar refractivity (Wildman–Crippen MR) is 68.9 cm³/mol. The average molecular weight is 242 g/mol. The van der Waals surface area contributed by atoms with Gasteiger partial charge in [0.05, 0.1) is 6.61 Å². The number of carbonyl (C=O) groups excluding carboxylic acids is 1. The predicted octanol–water partition coefficient (Wildman–Crippen LogP) is 1.26. The number of nitrogens with zero attached hydrogens (tertiary/aromatic N) is 1. The van der Waals surface area contributed by atoms with Gasteiger partial charge in [-0.25, -0.2) is 0 Å². The standard InChI is InChI=1S/C13H26N2O2/c1-4-17-13(16)12(3)14-9-11(2)10-15-7-5-6-8-15/h11-12,14H,4-10H2,1-3H3. The Kier molecular flexibility index (Phi) is 6.52. The Morgan fingerprint density at radius 1 is 1.35 bits per heavy atom. The maximum atomic E-state index is 11.4. The Hall–Kier alpha value is -0.610. The van der Waals surface area contributed by atoms with E-state index in [-0.39, 0.29) is 12.0 Å². The van der Waals surface area contributed by atoms with E-state index in [1.165, 1.54) is 25.9 Å². The first-order valence-electron chi connectivity index (χ1n) is 6.75. The highest BCUT2D eigenvalue weighted by atomic mass is 16.5. The molecule has 1 N–H and O–H groups in total. The van der Waals surface area contributed by atoms with Crippen molar-refractivity contribution < 1.29 is 9.53 Å². The third kappa shape index (κ3) is 5.50. The van der Waals surface area contributed by atoms with Crippen LogP contribution in [0.1, 0.15) is 33.6 Å². The second-order valence-electron chi connectivity index (χ2n) is 4.99. The Bertz CT molecular complexity index is 227. The minimum absolute atomic E-state index is 0.152. The summed E-state index contributed by atoms with van der Waals surface area (Å²) >= 11 is 0. The molecule has 1 saturated heterocycles. The van der Waals surface area contributed by atoms with Gasteiger partial charge in [0.2, 0.25) is 0 Å². The van der Waals surface area contributed by atoms with Crippen molar-refractivity contribution in [2.24, 2.45) is 5.92 Å². The molecule has 0 aromatic heterocycles.